The first-order chi connectivity index (χ1) is 23.5. The molecule has 11 nitrogen and oxygen atoms in total. The molecule has 7 atom stereocenters. The summed E-state index contributed by atoms with van der Waals surface area (Å²) in [4.78, 5) is 31.6. The molecule has 3 N–H and O–H groups in total. The fourth-order valence-electron chi connectivity index (χ4n) is 8.74. The third-order valence-electron chi connectivity index (χ3n) is 11.3. The number of esters is 1. The van der Waals surface area contributed by atoms with Crippen molar-refractivity contribution in [3.8, 4) is 29.1 Å². The number of carbonyl (C=O) groups is 2. The van der Waals surface area contributed by atoms with Gasteiger partial charge < -0.3 is 29.7 Å². The molecule has 1 amide bonds. The molecule has 4 bridgehead atoms. The van der Waals surface area contributed by atoms with Crippen LogP contribution in [-0.2, 0) is 16.0 Å². The third-order valence-corrected chi connectivity index (χ3v) is 12.7. The second-order valence-corrected chi connectivity index (χ2v) is 14.9. The second-order valence-electron chi connectivity index (χ2n) is 13.7. The quantitative estimate of drug-likeness (QED) is 0.315. The van der Waals surface area contributed by atoms with Crippen LogP contribution >= 0.6 is 11.8 Å². The first-order valence-corrected chi connectivity index (χ1v) is 17.6. The number of hydrogen-bond donors (Lipinski definition) is 3. The summed E-state index contributed by atoms with van der Waals surface area (Å²) in [7, 11) is 2.00. The predicted molar refractivity (Wildman–Crippen MR) is 181 cm³/mol. The van der Waals surface area contributed by atoms with Gasteiger partial charge in [0.15, 0.2) is 11.5 Å². The van der Waals surface area contributed by atoms with E-state index >= 15 is 0 Å². The Morgan fingerprint density at radius 2 is 1.72 bits per heavy atom. The molecular weight excluding hydrogens is 871 g/mol. The summed E-state index contributed by atoms with van der Waals surface area (Å²) < 4.78 is 18.0. The minimum Gasteiger partial charge on any atom is -0.507 e. The number of phenolic OH excluding ortho intramolecular Hbond substituents is 2. The van der Waals surface area contributed by atoms with E-state index in [1.807, 2.05) is 40.0 Å². The SMILES string of the molecule is Cc1ccccc1C(=O)N[C@H]1CS[C@@H]2c3c(O)c(C)c4c(c3[C@H](COC1=O)N1C2[C@H]2c3c(cc(C)c(C)c3O)C[C@@H]([C@@H]1C#N)N2C)OCO4.[Ac]. The van der Waals surface area contributed by atoms with Gasteiger partial charge in [-0.3, -0.25) is 14.6 Å². The van der Waals surface area contributed by atoms with E-state index in [4.69, 9.17) is 14.2 Å². The number of carbonyl (C=O) groups excluding carboxylic acids is 2. The maximum atomic E-state index is 13.8. The molecule has 3 aromatic rings. The zero-order valence-electron chi connectivity index (χ0n) is 28.5. The first kappa shape index (κ1) is 35.4. The standard InChI is InChI=1S/C37H38N4O7S.Ac/c1-16-8-6-7-9-21(16)36(44)39-22-14-49-35-28-27(34-33(47-15-48-34)19(4)32(28)43)25(13-46-37(22)45)41-24(12-38)23-11-20-10-17(2)18(3)31(42)26(20)29(30(35)41)40(23)5;/h6-10,22-25,29-30,35,42-43H,11,13-15H2,1-5H3,(H,39,44);/t22-,23-,24-,25-,29+,30?,35+;/m0./s1. The van der Waals surface area contributed by atoms with E-state index < -0.39 is 35.4 Å². The van der Waals surface area contributed by atoms with Crippen molar-refractivity contribution in [2.75, 3.05) is 26.2 Å². The molecule has 0 aromatic heterocycles. The number of amides is 1. The largest absolute Gasteiger partial charge is 0.507 e. The molecule has 6 aliphatic rings. The van der Waals surface area contributed by atoms with Gasteiger partial charge in [-0.05, 0) is 69.5 Å². The Morgan fingerprint density at radius 1 is 1.00 bits per heavy atom. The zero-order valence-corrected chi connectivity index (χ0v) is 34.1. The van der Waals surface area contributed by atoms with Gasteiger partial charge in [-0.2, -0.15) is 5.26 Å². The summed E-state index contributed by atoms with van der Waals surface area (Å²) in [6, 6.07) is 8.58. The van der Waals surface area contributed by atoms with E-state index in [1.165, 1.54) is 11.8 Å². The number of nitrogens with one attached hydrogen (secondary N) is 1. The minimum absolute atomic E-state index is 0. The minimum atomic E-state index is -0.983. The Morgan fingerprint density at radius 3 is 2.46 bits per heavy atom. The molecule has 3 aromatic carbocycles. The summed E-state index contributed by atoms with van der Waals surface area (Å²) in [5.41, 5.74) is 6.68. The van der Waals surface area contributed by atoms with Gasteiger partial charge in [0.1, 0.15) is 30.2 Å². The van der Waals surface area contributed by atoms with Crippen molar-refractivity contribution in [2.45, 2.75) is 75.6 Å². The van der Waals surface area contributed by atoms with Gasteiger partial charge in [-0.25, -0.2) is 4.79 Å². The van der Waals surface area contributed by atoms with Gasteiger partial charge >= 0.3 is 5.97 Å². The van der Waals surface area contributed by atoms with Gasteiger partial charge in [0.25, 0.3) is 5.91 Å². The number of hydrogen-bond acceptors (Lipinski definition) is 11. The van der Waals surface area contributed by atoms with Crippen molar-refractivity contribution in [3.63, 3.8) is 0 Å². The number of aryl methyl sites for hydroxylation is 2. The molecule has 2 fully saturated rings. The van der Waals surface area contributed by atoms with E-state index in [1.54, 1.807) is 19.1 Å². The Bertz CT molecular complexity index is 1980. The normalized spacial score (nSPS) is 27.9. The van der Waals surface area contributed by atoms with Crippen LogP contribution in [0.2, 0.25) is 0 Å². The zero-order chi connectivity index (χ0) is 34.5. The maximum absolute atomic E-state index is 13.8. The molecule has 2 saturated heterocycles. The number of likely N-dealkylation sites (N-methyl/N-ethyl adjacent to an activating group) is 1. The fraction of sp³-hybridized carbons (Fsp3) is 0.432. The fourth-order valence-corrected chi connectivity index (χ4v) is 10.2. The molecule has 6 heterocycles. The number of nitriles is 1. The van der Waals surface area contributed by atoms with E-state index in [-0.39, 0.29) is 92.7 Å². The predicted octanol–water partition coefficient (Wildman–Crippen LogP) is 4.42. The Kier molecular flexibility index (Phi) is 9.35. The van der Waals surface area contributed by atoms with Gasteiger partial charge in [0.2, 0.25) is 6.79 Å². The van der Waals surface area contributed by atoms with Gasteiger partial charge in [0, 0.05) is 89.7 Å². The second kappa shape index (κ2) is 13.2. The maximum Gasteiger partial charge on any atom is 0.329 e. The summed E-state index contributed by atoms with van der Waals surface area (Å²) in [6.07, 6.45) is 0.555. The van der Waals surface area contributed by atoms with E-state index in [0.29, 0.717) is 40.2 Å². The Hall–Kier alpha value is -3.00. The van der Waals surface area contributed by atoms with E-state index in [2.05, 4.69) is 27.3 Å². The molecular formula is C37H38AcN4O7S. The van der Waals surface area contributed by atoms with Crippen molar-refractivity contribution in [1.29, 1.82) is 5.26 Å². The van der Waals surface area contributed by atoms with Crippen molar-refractivity contribution in [2.24, 2.45) is 0 Å². The van der Waals surface area contributed by atoms with Crippen molar-refractivity contribution >= 4 is 23.6 Å². The number of piperazine rings is 1. The van der Waals surface area contributed by atoms with Crippen LogP contribution in [0.15, 0.2) is 30.3 Å². The number of benzene rings is 3. The molecule has 50 heavy (non-hydrogen) atoms. The summed E-state index contributed by atoms with van der Waals surface area (Å²) >= 11 is 1.42. The molecule has 13 heteroatoms. The Labute approximate surface area is 330 Å². The molecule has 6 aliphatic heterocycles. The molecule has 1 radical (unpaired) electrons. The number of rotatable bonds is 2. The smallest absolute Gasteiger partial charge is 0.329 e. The van der Waals surface area contributed by atoms with Gasteiger partial charge in [-0.15, -0.1) is 11.8 Å². The number of thioether (sulfide) groups is 1. The third kappa shape index (κ3) is 5.16. The van der Waals surface area contributed by atoms with E-state index in [9.17, 15) is 25.1 Å². The first-order valence-electron chi connectivity index (χ1n) is 16.5. The van der Waals surface area contributed by atoms with Crippen LogP contribution in [0.3, 0.4) is 0 Å². The molecule has 0 spiro atoms. The van der Waals surface area contributed by atoms with Gasteiger partial charge in [-0.1, -0.05) is 24.3 Å². The van der Waals surface area contributed by atoms with Crippen LogP contribution in [0.4, 0.5) is 0 Å². The summed E-state index contributed by atoms with van der Waals surface area (Å²) in [6.45, 7) is 7.35. The van der Waals surface area contributed by atoms with Crippen molar-refractivity contribution in [3.05, 3.63) is 80.4 Å². The van der Waals surface area contributed by atoms with Crippen LogP contribution < -0.4 is 14.8 Å². The van der Waals surface area contributed by atoms with Crippen LogP contribution in [0.5, 0.6) is 23.0 Å². The average molecular weight is 910 g/mol. The molecule has 257 valence electrons. The van der Waals surface area contributed by atoms with Crippen LogP contribution in [-0.4, -0.2) is 82.3 Å². The summed E-state index contributed by atoms with van der Waals surface area (Å²) in [5.74, 6) is 0.386. The van der Waals surface area contributed by atoms with Gasteiger partial charge in [0.05, 0.1) is 23.4 Å². The molecule has 9 rings (SSSR count). The van der Waals surface area contributed by atoms with Crippen molar-refractivity contribution < 1.29 is 78.1 Å². The summed E-state index contributed by atoms with van der Waals surface area (Å²) in [5, 5.41) is 37.1. The number of nitrogens with zero attached hydrogens (tertiary/aromatic N) is 3. The number of fused-ring (bicyclic) bond motifs is 10. The molecule has 0 saturated carbocycles. The molecule has 0 aliphatic carbocycles. The van der Waals surface area contributed by atoms with Crippen molar-refractivity contribution in [1.82, 2.24) is 15.1 Å². The van der Waals surface area contributed by atoms with Crippen LogP contribution in [0, 0.1) is 83.1 Å². The van der Waals surface area contributed by atoms with Crippen LogP contribution in [0.25, 0.3) is 0 Å². The number of aromatic hydroxyl groups is 2. The Balaban J connectivity index is 0.00000392. The molecule has 1 unspecified atom stereocenters. The topological polar surface area (TPSA) is 145 Å². The number of phenols is 2. The van der Waals surface area contributed by atoms with E-state index in [0.717, 1.165) is 27.8 Å². The number of ether oxygens (including phenoxy) is 3. The monoisotopic (exact) mass is 909 g/mol. The van der Waals surface area contributed by atoms with Crippen LogP contribution in [0.1, 0.15) is 72.2 Å². The average Bonchev–Trinajstić information content (AvgIpc) is 3.57.